The summed E-state index contributed by atoms with van der Waals surface area (Å²) in [5.74, 6) is 1.30. The highest BCUT2D eigenvalue weighted by atomic mass is 16.5. The normalized spacial score (nSPS) is 32.5. The Labute approximate surface area is 98.7 Å². The fourth-order valence-corrected chi connectivity index (χ4v) is 2.12. The van der Waals surface area contributed by atoms with Gasteiger partial charge in [-0.15, -0.1) is 0 Å². The molecule has 16 heavy (non-hydrogen) atoms. The van der Waals surface area contributed by atoms with Crippen molar-refractivity contribution in [1.82, 2.24) is 0 Å². The molecular formula is C13H25NO2. The molecular weight excluding hydrogens is 202 g/mol. The third-order valence-corrected chi connectivity index (χ3v) is 3.82. The molecule has 0 aromatic carbocycles. The number of ether oxygens (including phenoxy) is 1. The molecule has 0 bridgehead atoms. The van der Waals surface area contributed by atoms with Crippen LogP contribution in [0.5, 0.6) is 0 Å². The van der Waals surface area contributed by atoms with Crippen LogP contribution in [-0.4, -0.2) is 18.1 Å². The van der Waals surface area contributed by atoms with Gasteiger partial charge in [-0.3, -0.25) is 4.79 Å². The van der Waals surface area contributed by atoms with Gasteiger partial charge in [0, 0.05) is 0 Å². The molecule has 1 saturated carbocycles. The molecule has 3 unspecified atom stereocenters. The molecule has 0 amide bonds. The number of esters is 1. The van der Waals surface area contributed by atoms with Crippen LogP contribution in [-0.2, 0) is 9.53 Å². The van der Waals surface area contributed by atoms with E-state index < -0.39 is 6.04 Å². The standard InChI is InChI=1S/C13H25NO2/c1-8(2)12(14)13(15)16-11-6-5-9(3)10(4)7-11/h8-12H,5-7,14H2,1-4H3/t9?,10?,11?,12-/m1/s1. The van der Waals surface area contributed by atoms with Crippen molar-refractivity contribution in [3.63, 3.8) is 0 Å². The Bertz CT molecular complexity index is 240. The number of carbonyl (C=O) groups is 1. The summed E-state index contributed by atoms with van der Waals surface area (Å²) in [5, 5.41) is 0. The van der Waals surface area contributed by atoms with E-state index in [4.69, 9.17) is 10.5 Å². The van der Waals surface area contributed by atoms with E-state index in [1.54, 1.807) is 0 Å². The summed E-state index contributed by atoms with van der Waals surface area (Å²) in [5.41, 5.74) is 5.76. The van der Waals surface area contributed by atoms with E-state index in [1.165, 1.54) is 0 Å². The second-order valence-corrected chi connectivity index (χ2v) is 5.60. The zero-order valence-corrected chi connectivity index (χ0v) is 10.9. The van der Waals surface area contributed by atoms with Gasteiger partial charge in [0.05, 0.1) is 0 Å². The Morgan fingerprint density at radius 3 is 2.38 bits per heavy atom. The summed E-state index contributed by atoms with van der Waals surface area (Å²) < 4.78 is 5.47. The summed E-state index contributed by atoms with van der Waals surface area (Å²) in [6, 6.07) is -0.477. The van der Waals surface area contributed by atoms with Gasteiger partial charge in [-0.05, 0) is 37.0 Å². The van der Waals surface area contributed by atoms with Crippen LogP contribution in [0, 0.1) is 17.8 Å². The molecule has 94 valence electrons. The molecule has 1 rings (SSSR count). The van der Waals surface area contributed by atoms with Crippen LogP contribution in [0.1, 0.15) is 47.0 Å². The quantitative estimate of drug-likeness (QED) is 0.753. The molecule has 1 aliphatic carbocycles. The minimum Gasteiger partial charge on any atom is -0.461 e. The molecule has 0 aliphatic heterocycles. The number of carbonyl (C=O) groups excluding carboxylic acids is 1. The average molecular weight is 227 g/mol. The second-order valence-electron chi connectivity index (χ2n) is 5.60. The monoisotopic (exact) mass is 227 g/mol. The van der Waals surface area contributed by atoms with Crippen LogP contribution in [0.25, 0.3) is 0 Å². The van der Waals surface area contributed by atoms with Gasteiger partial charge in [0.15, 0.2) is 0 Å². The Morgan fingerprint density at radius 1 is 1.25 bits per heavy atom. The Balaban J connectivity index is 2.40. The molecule has 4 atom stereocenters. The number of rotatable bonds is 3. The van der Waals surface area contributed by atoms with E-state index in [2.05, 4.69) is 13.8 Å². The highest BCUT2D eigenvalue weighted by Gasteiger charge is 2.29. The first kappa shape index (κ1) is 13.5. The van der Waals surface area contributed by atoms with Gasteiger partial charge in [-0.25, -0.2) is 0 Å². The van der Waals surface area contributed by atoms with Crippen LogP contribution in [0.2, 0.25) is 0 Å². The van der Waals surface area contributed by atoms with Crippen molar-refractivity contribution in [2.75, 3.05) is 0 Å². The van der Waals surface area contributed by atoms with Crippen molar-refractivity contribution in [3.05, 3.63) is 0 Å². The first-order valence-electron chi connectivity index (χ1n) is 6.38. The molecule has 1 aliphatic rings. The fourth-order valence-electron chi connectivity index (χ4n) is 2.12. The highest BCUT2D eigenvalue weighted by Crippen LogP contribution is 2.31. The van der Waals surface area contributed by atoms with Gasteiger partial charge in [0.1, 0.15) is 12.1 Å². The first-order chi connectivity index (χ1) is 7.41. The Hall–Kier alpha value is -0.570. The molecule has 2 N–H and O–H groups in total. The minimum atomic E-state index is -0.477. The molecule has 0 spiro atoms. The third kappa shape index (κ3) is 3.48. The van der Waals surface area contributed by atoms with E-state index in [-0.39, 0.29) is 18.0 Å². The molecule has 0 radical (unpaired) electrons. The lowest BCUT2D eigenvalue weighted by Crippen LogP contribution is -2.40. The van der Waals surface area contributed by atoms with Gasteiger partial charge in [-0.2, -0.15) is 0 Å². The van der Waals surface area contributed by atoms with Crippen molar-refractivity contribution in [1.29, 1.82) is 0 Å². The average Bonchev–Trinajstić information content (AvgIpc) is 2.22. The third-order valence-electron chi connectivity index (χ3n) is 3.82. The number of hydrogen-bond donors (Lipinski definition) is 1. The smallest absolute Gasteiger partial charge is 0.323 e. The van der Waals surface area contributed by atoms with Gasteiger partial charge in [0.25, 0.3) is 0 Å². The van der Waals surface area contributed by atoms with Crippen molar-refractivity contribution >= 4 is 5.97 Å². The van der Waals surface area contributed by atoms with Crippen molar-refractivity contribution < 1.29 is 9.53 Å². The van der Waals surface area contributed by atoms with Gasteiger partial charge in [0.2, 0.25) is 0 Å². The van der Waals surface area contributed by atoms with Gasteiger partial charge < -0.3 is 10.5 Å². The predicted octanol–water partition coefficient (Wildman–Crippen LogP) is 2.34. The van der Waals surface area contributed by atoms with E-state index in [1.807, 2.05) is 13.8 Å². The number of nitrogens with two attached hydrogens (primary N) is 1. The molecule has 0 aromatic rings. The molecule has 0 heterocycles. The fraction of sp³-hybridized carbons (Fsp3) is 0.923. The molecule has 0 saturated heterocycles. The van der Waals surface area contributed by atoms with Gasteiger partial charge >= 0.3 is 5.97 Å². The summed E-state index contributed by atoms with van der Waals surface area (Å²) in [7, 11) is 0. The zero-order valence-electron chi connectivity index (χ0n) is 10.9. The predicted molar refractivity (Wildman–Crippen MR) is 64.9 cm³/mol. The summed E-state index contributed by atoms with van der Waals surface area (Å²) in [4.78, 5) is 11.7. The topological polar surface area (TPSA) is 52.3 Å². The maximum atomic E-state index is 11.7. The first-order valence-corrected chi connectivity index (χ1v) is 6.38. The van der Waals surface area contributed by atoms with Crippen LogP contribution in [0.15, 0.2) is 0 Å². The van der Waals surface area contributed by atoms with E-state index in [0.29, 0.717) is 5.92 Å². The largest absolute Gasteiger partial charge is 0.461 e. The summed E-state index contributed by atoms with van der Waals surface area (Å²) >= 11 is 0. The maximum Gasteiger partial charge on any atom is 0.323 e. The molecule has 3 nitrogen and oxygen atoms in total. The Kier molecular flexibility index (Phi) is 4.78. The lowest BCUT2D eigenvalue weighted by Gasteiger charge is -2.32. The molecule has 3 heteroatoms. The van der Waals surface area contributed by atoms with Gasteiger partial charge in [-0.1, -0.05) is 27.7 Å². The van der Waals surface area contributed by atoms with E-state index >= 15 is 0 Å². The van der Waals surface area contributed by atoms with E-state index in [0.717, 1.165) is 25.2 Å². The van der Waals surface area contributed by atoms with Crippen LogP contribution in [0.3, 0.4) is 0 Å². The van der Waals surface area contributed by atoms with Crippen LogP contribution in [0.4, 0.5) is 0 Å². The lowest BCUT2D eigenvalue weighted by molar-refractivity contribution is -0.154. The SMILES string of the molecule is CC1CCC(OC(=O)[C@H](N)C(C)C)CC1C. The molecule has 0 aromatic heterocycles. The van der Waals surface area contributed by atoms with Crippen LogP contribution < -0.4 is 5.73 Å². The minimum absolute atomic E-state index is 0.0866. The van der Waals surface area contributed by atoms with Crippen LogP contribution >= 0.6 is 0 Å². The zero-order chi connectivity index (χ0) is 12.3. The summed E-state index contributed by atoms with van der Waals surface area (Å²) in [6.45, 7) is 8.38. The van der Waals surface area contributed by atoms with Crippen molar-refractivity contribution in [2.24, 2.45) is 23.5 Å². The second kappa shape index (κ2) is 5.67. The van der Waals surface area contributed by atoms with Crippen molar-refractivity contribution in [3.8, 4) is 0 Å². The maximum absolute atomic E-state index is 11.7. The summed E-state index contributed by atoms with van der Waals surface area (Å²) in [6.07, 6.45) is 3.21. The molecule has 1 fully saturated rings. The number of hydrogen-bond acceptors (Lipinski definition) is 3. The Morgan fingerprint density at radius 2 is 1.88 bits per heavy atom. The van der Waals surface area contributed by atoms with E-state index in [9.17, 15) is 4.79 Å². The lowest BCUT2D eigenvalue weighted by atomic mass is 9.80. The van der Waals surface area contributed by atoms with Crippen molar-refractivity contribution in [2.45, 2.75) is 59.1 Å². The highest BCUT2D eigenvalue weighted by molar-refractivity contribution is 5.75.